The van der Waals surface area contributed by atoms with E-state index in [1.54, 1.807) is 54.1 Å². The third kappa shape index (κ3) is 3.73. The summed E-state index contributed by atoms with van der Waals surface area (Å²) in [5.41, 5.74) is 1.85. The van der Waals surface area contributed by atoms with Crippen molar-refractivity contribution in [1.29, 1.82) is 0 Å². The predicted octanol–water partition coefficient (Wildman–Crippen LogP) is 4.85. The van der Waals surface area contributed by atoms with Crippen molar-refractivity contribution in [2.45, 2.75) is 18.9 Å². The van der Waals surface area contributed by atoms with Crippen molar-refractivity contribution in [1.82, 2.24) is 4.57 Å². The second-order valence-corrected chi connectivity index (χ2v) is 6.77. The molecule has 3 aromatic rings. The van der Waals surface area contributed by atoms with Gasteiger partial charge in [-0.05, 0) is 42.3 Å². The SMILES string of the molecule is Cc1ccn(-c2ccc(CS(=O)[O-])cc2)c1-c1ccccc1C(F)(F)F. The number of hydrogen-bond acceptors (Lipinski definition) is 2. The van der Waals surface area contributed by atoms with E-state index in [0.29, 0.717) is 22.5 Å². The van der Waals surface area contributed by atoms with Gasteiger partial charge in [0.05, 0.1) is 11.3 Å². The van der Waals surface area contributed by atoms with Crippen molar-refractivity contribution in [2.24, 2.45) is 0 Å². The number of nitrogens with zero attached hydrogens (tertiary/aromatic N) is 1. The summed E-state index contributed by atoms with van der Waals surface area (Å²) in [6, 6.07) is 13.9. The molecule has 0 fully saturated rings. The lowest BCUT2D eigenvalue weighted by Crippen LogP contribution is -2.09. The van der Waals surface area contributed by atoms with E-state index < -0.39 is 22.8 Å². The van der Waals surface area contributed by atoms with Crippen LogP contribution >= 0.6 is 0 Å². The number of alkyl halides is 3. The van der Waals surface area contributed by atoms with Crippen molar-refractivity contribution in [2.75, 3.05) is 0 Å². The van der Waals surface area contributed by atoms with Crippen molar-refractivity contribution < 1.29 is 21.9 Å². The second-order valence-electron chi connectivity index (χ2n) is 5.88. The van der Waals surface area contributed by atoms with E-state index in [4.69, 9.17) is 0 Å². The lowest BCUT2D eigenvalue weighted by molar-refractivity contribution is -0.137. The van der Waals surface area contributed by atoms with Gasteiger partial charge >= 0.3 is 6.18 Å². The summed E-state index contributed by atoms with van der Waals surface area (Å²) in [6.45, 7) is 1.76. The van der Waals surface area contributed by atoms with Gasteiger partial charge in [0.25, 0.3) is 0 Å². The minimum absolute atomic E-state index is 0.102. The molecule has 0 N–H and O–H groups in total. The standard InChI is InChI=1S/C19H16F3NO2S/c1-13-10-11-23(15-8-6-14(7-9-15)12-26(24)25)18(13)16-4-2-3-5-17(16)19(20,21)22/h2-11H,12H2,1H3,(H,24,25)/p-1. The summed E-state index contributed by atoms with van der Waals surface area (Å²) in [7, 11) is 0. The van der Waals surface area contributed by atoms with Crippen LogP contribution in [-0.2, 0) is 23.0 Å². The first kappa shape index (κ1) is 18.4. The van der Waals surface area contributed by atoms with Crippen LogP contribution in [-0.4, -0.2) is 13.3 Å². The van der Waals surface area contributed by atoms with Gasteiger partial charge in [-0.3, -0.25) is 4.21 Å². The molecule has 0 spiro atoms. The second kappa shape index (κ2) is 7.09. The molecule has 0 bridgehead atoms. The van der Waals surface area contributed by atoms with Crippen LogP contribution in [0.15, 0.2) is 60.8 Å². The van der Waals surface area contributed by atoms with E-state index in [-0.39, 0.29) is 11.3 Å². The van der Waals surface area contributed by atoms with Crippen LogP contribution in [0, 0.1) is 6.92 Å². The Labute approximate surface area is 151 Å². The summed E-state index contributed by atoms with van der Waals surface area (Å²) in [4.78, 5) is 0. The molecule has 0 radical (unpaired) electrons. The van der Waals surface area contributed by atoms with E-state index in [2.05, 4.69) is 0 Å². The van der Waals surface area contributed by atoms with E-state index in [1.165, 1.54) is 12.1 Å². The molecule has 0 amide bonds. The highest BCUT2D eigenvalue weighted by atomic mass is 32.2. The quantitative estimate of drug-likeness (QED) is 0.609. The maximum atomic E-state index is 13.4. The van der Waals surface area contributed by atoms with Crippen LogP contribution < -0.4 is 0 Å². The van der Waals surface area contributed by atoms with Crippen molar-refractivity contribution >= 4 is 11.1 Å². The monoisotopic (exact) mass is 378 g/mol. The number of aromatic nitrogens is 1. The summed E-state index contributed by atoms with van der Waals surface area (Å²) in [5.74, 6) is -0.102. The maximum absolute atomic E-state index is 13.4. The molecule has 0 aliphatic heterocycles. The zero-order valence-corrected chi connectivity index (χ0v) is 14.6. The van der Waals surface area contributed by atoms with Crippen molar-refractivity contribution in [3.8, 4) is 16.9 Å². The highest BCUT2D eigenvalue weighted by Gasteiger charge is 2.34. The highest BCUT2D eigenvalue weighted by Crippen LogP contribution is 2.39. The summed E-state index contributed by atoms with van der Waals surface area (Å²) >= 11 is -2.19. The lowest BCUT2D eigenvalue weighted by Gasteiger charge is -2.17. The van der Waals surface area contributed by atoms with Crippen molar-refractivity contribution in [3.05, 3.63) is 77.5 Å². The van der Waals surface area contributed by atoms with Gasteiger partial charge in [-0.25, -0.2) is 0 Å². The molecule has 26 heavy (non-hydrogen) atoms. The highest BCUT2D eigenvalue weighted by molar-refractivity contribution is 7.78. The van der Waals surface area contributed by atoms with Gasteiger partial charge in [0.15, 0.2) is 0 Å². The number of aryl methyl sites for hydroxylation is 1. The molecular weight excluding hydrogens is 363 g/mol. The average Bonchev–Trinajstić information content (AvgIpc) is 2.96. The molecule has 2 aromatic carbocycles. The number of hydrogen-bond donors (Lipinski definition) is 0. The molecule has 0 aliphatic carbocycles. The van der Waals surface area contributed by atoms with Crippen LogP contribution in [0.25, 0.3) is 16.9 Å². The minimum Gasteiger partial charge on any atom is -0.772 e. The summed E-state index contributed by atoms with van der Waals surface area (Å²) < 4.78 is 63.5. The van der Waals surface area contributed by atoms with E-state index in [9.17, 15) is 21.9 Å². The van der Waals surface area contributed by atoms with Gasteiger partial charge in [-0.15, -0.1) is 0 Å². The maximum Gasteiger partial charge on any atom is 0.417 e. The van der Waals surface area contributed by atoms with Gasteiger partial charge < -0.3 is 9.12 Å². The van der Waals surface area contributed by atoms with Gasteiger partial charge in [-0.1, -0.05) is 41.4 Å². The Morgan fingerprint density at radius 2 is 1.69 bits per heavy atom. The largest absolute Gasteiger partial charge is 0.772 e. The molecule has 1 unspecified atom stereocenters. The van der Waals surface area contributed by atoms with Crippen LogP contribution in [0.4, 0.5) is 13.2 Å². The zero-order valence-electron chi connectivity index (χ0n) is 13.8. The third-order valence-corrected chi connectivity index (χ3v) is 4.64. The Hall–Kier alpha value is -2.38. The predicted molar refractivity (Wildman–Crippen MR) is 93.6 cm³/mol. The van der Waals surface area contributed by atoms with Crippen molar-refractivity contribution in [3.63, 3.8) is 0 Å². The fraction of sp³-hybridized carbons (Fsp3) is 0.158. The third-order valence-electron chi connectivity index (χ3n) is 4.07. The van der Waals surface area contributed by atoms with Crippen LogP contribution in [0.5, 0.6) is 0 Å². The van der Waals surface area contributed by atoms with Gasteiger partial charge in [0.2, 0.25) is 0 Å². The normalized spacial score (nSPS) is 13.0. The lowest BCUT2D eigenvalue weighted by atomic mass is 10.0. The topological polar surface area (TPSA) is 45.1 Å². The first-order valence-electron chi connectivity index (χ1n) is 7.77. The molecule has 7 heteroatoms. The first-order valence-corrected chi connectivity index (χ1v) is 9.01. The molecule has 0 saturated carbocycles. The van der Waals surface area contributed by atoms with Crippen LogP contribution in [0.2, 0.25) is 0 Å². The molecule has 0 saturated heterocycles. The van der Waals surface area contributed by atoms with Gasteiger partial charge in [0.1, 0.15) is 0 Å². The number of benzene rings is 2. The van der Waals surface area contributed by atoms with E-state index >= 15 is 0 Å². The summed E-state index contributed by atoms with van der Waals surface area (Å²) in [6.07, 6.45) is -2.75. The Morgan fingerprint density at radius 1 is 1.04 bits per heavy atom. The molecule has 1 atom stereocenters. The summed E-state index contributed by atoms with van der Waals surface area (Å²) in [5, 5.41) is 0. The minimum atomic E-state index is -4.46. The van der Waals surface area contributed by atoms with E-state index in [0.717, 1.165) is 6.07 Å². The molecular formula is C19H15F3NO2S-. The molecule has 1 heterocycles. The smallest absolute Gasteiger partial charge is 0.417 e. The van der Waals surface area contributed by atoms with E-state index in [1.807, 2.05) is 0 Å². The fourth-order valence-electron chi connectivity index (χ4n) is 2.91. The molecule has 136 valence electrons. The Bertz CT molecular complexity index is 946. The average molecular weight is 378 g/mol. The number of halogens is 3. The number of rotatable bonds is 4. The Kier molecular flexibility index (Phi) is 5.02. The van der Waals surface area contributed by atoms with Crippen LogP contribution in [0.3, 0.4) is 0 Å². The molecule has 0 aliphatic rings. The fourth-order valence-corrected chi connectivity index (χ4v) is 3.38. The molecule has 1 aromatic heterocycles. The molecule has 3 rings (SSSR count). The Morgan fingerprint density at radius 3 is 2.31 bits per heavy atom. The van der Waals surface area contributed by atoms with Gasteiger partial charge in [-0.2, -0.15) is 13.2 Å². The molecule has 3 nitrogen and oxygen atoms in total. The van der Waals surface area contributed by atoms with Crippen LogP contribution in [0.1, 0.15) is 16.7 Å². The Balaban J connectivity index is 2.11. The first-order chi connectivity index (χ1) is 12.3. The van der Waals surface area contributed by atoms with Gasteiger partial charge in [0, 0.05) is 23.2 Å². The zero-order chi connectivity index (χ0) is 18.9.